The van der Waals surface area contributed by atoms with Gasteiger partial charge in [0.2, 0.25) is 5.43 Å². The van der Waals surface area contributed by atoms with Gasteiger partial charge in [0.25, 0.3) is 5.91 Å². The lowest BCUT2D eigenvalue weighted by atomic mass is 10.2. The molecule has 1 amide bonds. The Labute approximate surface area is 165 Å². The van der Waals surface area contributed by atoms with Gasteiger partial charge in [-0.05, 0) is 24.1 Å². The number of aromatic amines is 1. The molecule has 0 aliphatic carbocycles. The van der Waals surface area contributed by atoms with E-state index >= 15 is 0 Å². The van der Waals surface area contributed by atoms with E-state index in [1.807, 2.05) is 0 Å². The Morgan fingerprint density at radius 2 is 1.96 bits per heavy atom. The van der Waals surface area contributed by atoms with Gasteiger partial charge in [-0.2, -0.15) is 0 Å². The molecule has 2 aromatic heterocycles. The van der Waals surface area contributed by atoms with Crippen molar-refractivity contribution in [1.82, 2.24) is 10.3 Å². The van der Waals surface area contributed by atoms with Crippen molar-refractivity contribution in [2.24, 2.45) is 0 Å². The van der Waals surface area contributed by atoms with Gasteiger partial charge < -0.3 is 10.3 Å². The molecule has 1 aromatic carbocycles. The van der Waals surface area contributed by atoms with Gasteiger partial charge >= 0.3 is 0 Å². The highest BCUT2D eigenvalue weighted by Gasteiger charge is 2.22. The van der Waals surface area contributed by atoms with Gasteiger partial charge in [0.1, 0.15) is 15.2 Å². The summed E-state index contributed by atoms with van der Waals surface area (Å²) in [6.07, 6.45) is 1.74. The Morgan fingerprint density at radius 1 is 1.26 bits per heavy atom. The Hall–Kier alpha value is -2.16. The number of pyridine rings is 1. The number of thiophene rings is 1. The first-order chi connectivity index (χ1) is 12.8. The Morgan fingerprint density at radius 3 is 2.63 bits per heavy atom. The maximum atomic E-state index is 12.6. The van der Waals surface area contributed by atoms with Crippen LogP contribution in [0.15, 0.2) is 45.5 Å². The third kappa shape index (κ3) is 4.07. The molecule has 0 aliphatic heterocycles. The largest absolute Gasteiger partial charge is 0.358 e. The second-order valence-electron chi connectivity index (χ2n) is 5.96. The molecule has 0 unspecified atom stereocenters. The van der Waals surface area contributed by atoms with E-state index in [1.54, 1.807) is 31.2 Å². The molecule has 0 fully saturated rings. The number of fused-ring (bicyclic) bond motifs is 1. The number of H-pyrrole nitrogens is 1. The number of nitrogens with one attached hydrogen (secondary N) is 2. The minimum absolute atomic E-state index is 0.00416. The van der Waals surface area contributed by atoms with Crippen LogP contribution in [-0.2, 0) is 16.4 Å². The van der Waals surface area contributed by atoms with Crippen molar-refractivity contribution in [3.05, 3.63) is 62.2 Å². The average molecular weight is 425 g/mol. The fourth-order valence-electron chi connectivity index (χ4n) is 2.63. The van der Waals surface area contributed by atoms with E-state index in [-0.39, 0.29) is 33.0 Å². The normalized spacial score (nSPS) is 11.6. The minimum atomic E-state index is -3.46. The molecule has 0 radical (unpaired) electrons. The topological polar surface area (TPSA) is 96.1 Å². The van der Waals surface area contributed by atoms with Crippen molar-refractivity contribution >= 4 is 48.9 Å². The zero-order valence-electron chi connectivity index (χ0n) is 14.4. The molecular weight excluding hydrogens is 408 g/mol. The molecule has 0 saturated carbocycles. The molecule has 142 valence electrons. The van der Waals surface area contributed by atoms with Crippen LogP contribution in [0.5, 0.6) is 0 Å². The predicted molar refractivity (Wildman–Crippen MR) is 107 cm³/mol. The van der Waals surface area contributed by atoms with E-state index in [1.165, 1.54) is 11.6 Å². The zero-order valence-corrected chi connectivity index (χ0v) is 16.8. The summed E-state index contributed by atoms with van der Waals surface area (Å²) in [4.78, 5) is 27.9. The first kappa shape index (κ1) is 19.6. The fraction of sp³-hybridized carbons (Fsp3) is 0.222. The fourth-order valence-corrected chi connectivity index (χ4v) is 5.63. The molecule has 6 nitrogen and oxygen atoms in total. The summed E-state index contributed by atoms with van der Waals surface area (Å²) in [5.74, 6) is -0.524. The minimum Gasteiger partial charge on any atom is -0.358 e. The maximum Gasteiger partial charge on any atom is 0.257 e. The number of hydrogen-bond acceptors (Lipinski definition) is 5. The number of halogens is 1. The number of aromatic nitrogens is 1. The van der Waals surface area contributed by atoms with Crippen LogP contribution in [0.1, 0.15) is 29.3 Å². The van der Waals surface area contributed by atoms with E-state index in [0.717, 1.165) is 16.9 Å². The number of benzene rings is 1. The molecule has 3 rings (SSSR count). The predicted octanol–water partition coefficient (Wildman–Crippen LogP) is 3.36. The van der Waals surface area contributed by atoms with Crippen LogP contribution in [0.25, 0.3) is 10.2 Å². The monoisotopic (exact) mass is 424 g/mol. The number of amides is 1. The number of rotatable bonds is 6. The van der Waals surface area contributed by atoms with Gasteiger partial charge in [0.15, 0.2) is 9.84 Å². The van der Waals surface area contributed by atoms with E-state index in [4.69, 9.17) is 11.6 Å². The Balaban J connectivity index is 1.87. The van der Waals surface area contributed by atoms with Crippen molar-refractivity contribution in [3.8, 4) is 0 Å². The Bertz CT molecular complexity index is 1150. The third-order valence-electron chi connectivity index (χ3n) is 3.99. The first-order valence-corrected chi connectivity index (χ1v) is 11.1. The highest BCUT2D eigenvalue weighted by molar-refractivity contribution is 7.91. The van der Waals surface area contributed by atoms with E-state index in [2.05, 4.69) is 10.3 Å². The molecule has 27 heavy (non-hydrogen) atoms. The molecule has 2 heterocycles. The quantitative estimate of drug-likeness (QED) is 0.634. The molecule has 9 heteroatoms. The third-order valence-corrected chi connectivity index (χ3v) is 7.31. The van der Waals surface area contributed by atoms with Gasteiger partial charge in [-0.15, -0.1) is 11.3 Å². The standard InChI is InChI=1S/C18H17ClN2O4S2/c1-2-7-27(24,25)14-10-26-17-15(14)20-9-13(16(17)22)18(23)21-8-11-3-5-12(19)6-4-11/h3-6,9-10H,2,7-8H2,1H3,(H,20,22)(H,21,23). The number of carbonyl (C=O) groups excluding carboxylic acids is 1. The molecule has 0 aliphatic rings. The smallest absolute Gasteiger partial charge is 0.257 e. The summed E-state index contributed by atoms with van der Waals surface area (Å²) in [7, 11) is -3.46. The average Bonchev–Trinajstić information content (AvgIpc) is 3.07. The molecule has 0 spiro atoms. The molecule has 2 N–H and O–H groups in total. The zero-order chi connectivity index (χ0) is 19.6. The van der Waals surface area contributed by atoms with Crippen LogP contribution in [0.3, 0.4) is 0 Å². The van der Waals surface area contributed by atoms with Gasteiger partial charge in [0.05, 0.1) is 11.3 Å². The second-order valence-corrected chi connectivity index (χ2v) is 9.36. The number of sulfone groups is 1. The highest BCUT2D eigenvalue weighted by atomic mass is 35.5. The summed E-state index contributed by atoms with van der Waals surface area (Å²) in [5, 5.41) is 4.73. The summed E-state index contributed by atoms with van der Waals surface area (Å²) < 4.78 is 24.9. The van der Waals surface area contributed by atoms with Crippen LogP contribution in [-0.4, -0.2) is 25.1 Å². The lowest BCUT2D eigenvalue weighted by Crippen LogP contribution is -2.28. The summed E-state index contributed by atoms with van der Waals surface area (Å²) in [6.45, 7) is 2.02. The van der Waals surface area contributed by atoms with Crippen molar-refractivity contribution in [3.63, 3.8) is 0 Å². The van der Waals surface area contributed by atoms with Crippen LogP contribution in [0.4, 0.5) is 0 Å². The SMILES string of the molecule is CCCS(=O)(=O)c1csc2c(=O)c(C(=O)NCc3ccc(Cl)cc3)c[nH]c12. The van der Waals surface area contributed by atoms with Gasteiger partial charge in [0, 0.05) is 23.1 Å². The molecule has 0 atom stereocenters. The van der Waals surface area contributed by atoms with Crippen LogP contribution in [0, 0.1) is 0 Å². The summed E-state index contributed by atoms with van der Waals surface area (Å²) in [6, 6.07) is 6.98. The number of hydrogen-bond donors (Lipinski definition) is 2. The van der Waals surface area contributed by atoms with Gasteiger partial charge in [-0.25, -0.2) is 8.42 Å². The molecule has 0 bridgehead atoms. The van der Waals surface area contributed by atoms with Crippen molar-refractivity contribution in [2.75, 3.05) is 5.75 Å². The van der Waals surface area contributed by atoms with Gasteiger partial charge in [-0.3, -0.25) is 9.59 Å². The summed E-state index contributed by atoms with van der Waals surface area (Å²) >= 11 is 6.85. The van der Waals surface area contributed by atoms with Crippen LogP contribution in [0.2, 0.25) is 5.02 Å². The lowest BCUT2D eigenvalue weighted by molar-refractivity contribution is 0.0949. The van der Waals surface area contributed by atoms with E-state index < -0.39 is 21.2 Å². The van der Waals surface area contributed by atoms with Crippen molar-refractivity contribution in [1.29, 1.82) is 0 Å². The highest BCUT2D eigenvalue weighted by Crippen LogP contribution is 2.27. The van der Waals surface area contributed by atoms with Crippen molar-refractivity contribution in [2.45, 2.75) is 24.8 Å². The number of carbonyl (C=O) groups is 1. The first-order valence-electron chi connectivity index (χ1n) is 8.21. The lowest BCUT2D eigenvalue weighted by Gasteiger charge is -2.06. The second kappa shape index (κ2) is 7.84. The van der Waals surface area contributed by atoms with Crippen molar-refractivity contribution < 1.29 is 13.2 Å². The van der Waals surface area contributed by atoms with Crippen LogP contribution >= 0.6 is 22.9 Å². The van der Waals surface area contributed by atoms with Gasteiger partial charge in [-0.1, -0.05) is 30.7 Å². The summed E-state index contributed by atoms with van der Waals surface area (Å²) in [5.41, 5.74) is 0.556. The molecule has 3 aromatic rings. The maximum absolute atomic E-state index is 12.6. The Kier molecular flexibility index (Phi) is 5.69. The molecule has 0 saturated heterocycles. The van der Waals surface area contributed by atoms with Crippen LogP contribution < -0.4 is 10.7 Å². The van der Waals surface area contributed by atoms with E-state index in [0.29, 0.717) is 11.4 Å². The molecular formula is C18H17ClN2O4S2. The van der Waals surface area contributed by atoms with E-state index in [9.17, 15) is 18.0 Å².